The highest BCUT2D eigenvalue weighted by Gasteiger charge is 2.25. The van der Waals surface area contributed by atoms with E-state index in [4.69, 9.17) is 14.2 Å². The molecule has 4 rings (SSSR count). The summed E-state index contributed by atoms with van der Waals surface area (Å²) >= 11 is 1.48. The van der Waals surface area contributed by atoms with E-state index in [1.165, 1.54) is 11.8 Å². The highest BCUT2D eigenvalue weighted by molar-refractivity contribution is 8.00. The minimum Gasteiger partial charge on any atom is -0.457 e. The van der Waals surface area contributed by atoms with E-state index in [1.807, 2.05) is 24.3 Å². The summed E-state index contributed by atoms with van der Waals surface area (Å²) in [5.41, 5.74) is 1.18. The van der Waals surface area contributed by atoms with Crippen molar-refractivity contribution in [2.24, 2.45) is 0 Å². The lowest BCUT2D eigenvalue weighted by Gasteiger charge is -2.28. The molecule has 0 fully saturated rings. The maximum atomic E-state index is 12.2. The standard InChI is InChI=1S/C20H17NO6S/c22-15(13-5-6-16-17(9-13)27-12-26-16)10-25-20(24)7-8-21-14-3-1-2-4-18(14)28-11-19(21)23/h1-6,9H,7-8,10-12H2. The fraction of sp³-hybridized carbons (Fsp3) is 0.250. The molecule has 2 aromatic carbocycles. The second-order valence-corrected chi connectivity index (χ2v) is 7.22. The number of ether oxygens (including phenoxy) is 3. The van der Waals surface area contributed by atoms with Crippen LogP contribution in [0.2, 0.25) is 0 Å². The minimum atomic E-state index is -0.530. The Bertz CT molecular complexity index is 944. The molecule has 0 bridgehead atoms. The highest BCUT2D eigenvalue weighted by atomic mass is 32.2. The molecule has 0 aromatic heterocycles. The number of thioether (sulfide) groups is 1. The number of nitrogens with zero attached hydrogens (tertiary/aromatic N) is 1. The first-order valence-electron chi connectivity index (χ1n) is 8.72. The topological polar surface area (TPSA) is 82.1 Å². The lowest BCUT2D eigenvalue weighted by molar-refractivity contribution is -0.142. The van der Waals surface area contributed by atoms with Gasteiger partial charge in [-0.2, -0.15) is 0 Å². The van der Waals surface area contributed by atoms with Gasteiger partial charge in [0.05, 0.1) is 17.9 Å². The first-order chi connectivity index (χ1) is 13.6. The summed E-state index contributed by atoms with van der Waals surface area (Å²) in [5, 5.41) is 0. The van der Waals surface area contributed by atoms with E-state index in [9.17, 15) is 14.4 Å². The van der Waals surface area contributed by atoms with E-state index in [-0.39, 0.29) is 38.1 Å². The number of esters is 1. The van der Waals surface area contributed by atoms with E-state index in [0.717, 1.165) is 10.6 Å². The maximum absolute atomic E-state index is 12.2. The molecule has 0 N–H and O–H groups in total. The van der Waals surface area contributed by atoms with Crippen molar-refractivity contribution in [3.63, 3.8) is 0 Å². The van der Waals surface area contributed by atoms with Gasteiger partial charge in [-0.05, 0) is 30.3 Å². The largest absolute Gasteiger partial charge is 0.457 e. The van der Waals surface area contributed by atoms with Gasteiger partial charge in [-0.3, -0.25) is 14.4 Å². The second-order valence-electron chi connectivity index (χ2n) is 6.20. The van der Waals surface area contributed by atoms with Gasteiger partial charge in [-0.1, -0.05) is 12.1 Å². The Labute approximate surface area is 165 Å². The van der Waals surface area contributed by atoms with Gasteiger partial charge in [0.2, 0.25) is 12.7 Å². The molecule has 0 saturated carbocycles. The van der Waals surface area contributed by atoms with E-state index < -0.39 is 5.97 Å². The third kappa shape index (κ3) is 3.82. The van der Waals surface area contributed by atoms with Gasteiger partial charge in [0.15, 0.2) is 23.9 Å². The number of anilines is 1. The quantitative estimate of drug-likeness (QED) is 0.546. The average Bonchev–Trinajstić information content (AvgIpc) is 3.19. The van der Waals surface area contributed by atoms with Gasteiger partial charge in [0.1, 0.15) is 0 Å². The molecule has 2 heterocycles. The fourth-order valence-electron chi connectivity index (χ4n) is 2.97. The predicted molar refractivity (Wildman–Crippen MR) is 102 cm³/mol. The molecular weight excluding hydrogens is 382 g/mol. The number of benzene rings is 2. The van der Waals surface area contributed by atoms with Gasteiger partial charge < -0.3 is 19.1 Å². The molecule has 0 aliphatic carbocycles. The zero-order valence-corrected chi connectivity index (χ0v) is 15.7. The molecule has 1 amide bonds. The zero-order valence-electron chi connectivity index (χ0n) is 14.9. The molecule has 28 heavy (non-hydrogen) atoms. The summed E-state index contributed by atoms with van der Waals surface area (Å²) in [6, 6.07) is 12.4. The summed E-state index contributed by atoms with van der Waals surface area (Å²) in [6.07, 6.45) is 0.0131. The Morgan fingerprint density at radius 2 is 1.93 bits per heavy atom. The van der Waals surface area contributed by atoms with Crippen molar-refractivity contribution in [2.75, 3.05) is 30.6 Å². The van der Waals surface area contributed by atoms with Crippen molar-refractivity contribution in [1.82, 2.24) is 0 Å². The van der Waals surface area contributed by atoms with Crippen molar-refractivity contribution in [3.8, 4) is 11.5 Å². The van der Waals surface area contributed by atoms with Gasteiger partial charge in [-0.25, -0.2) is 0 Å². The van der Waals surface area contributed by atoms with Crippen LogP contribution < -0.4 is 14.4 Å². The molecule has 0 unspecified atom stereocenters. The molecule has 0 saturated heterocycles. The Morgan fingerprint density at radius 1 is 1.11 bits per heavy atom. The van der Waals surface area contributed by atoms with Crippen molar-refractivity contribution in [2.45, 2.75) is 11.3 Å². The summed E-state index contributed by atoms with van der Waals surface area (Å²) in [6.45, 7) is -0.0227. The molecule has 0 radical (unpaired) electrons. The molecular formula is C20H17NO6S. The number of fused-ring (bicyclic) bond motifs is 2. The van der Waals surface area contributed by atoms with Crippen LogP contribution in [0.4, 0.5) is 5.69 Å². The van der Waals surface area contributed by atoms with Crippen molar-refractivity contribution in [3.05, 3.63) is 48.0 Å². The molecule has 144 valence electrons. The zero-order chi connectivity index (χ0) is 19.5. The predicted octanol–water partition coefficient (Wildman–Crippen LogP) is 2.67. The summed E-state index contributed by atoms with van der Waals surface area (Å²) in [4.78, 5) is 39.1. The molecule has 0 atom stereocenters. The van der Waals surface area contributed by atoms with Crippen molar-refractivity contribution < 1.29 is 28.6 Å². The van der Waals surface area contributed by atoms with Gasteiger partial charge >= 0.3 is 5.97 Å². The number of carbonyl (C=O) groups excluding carboxylic acids is 3. The molecule has 0 spiro atoms. The second kappa shape index (κ2) is 7.93. The molecule has 7 nitrogen and oxygen atoms in total. The highest BCUT2D eigenvalue weighted by Crippen LogP contribution is 2.35. The number of hydrogen-bond donors (Lipinski definition) is 0. The minimum absolute atomic E-state index is 0.0131. The van der Waals surface area contributed by atoms with E-state index in [1.54, 1.807) is 23.1 Å². The number of amides is 1. The van der Waals surface area contributed by atoms with Crippen LogP contribution in [0, 0.1) is 0 Å². The average molecular weight is 399 g/mol. The summed E-state index contributed by atoms with van der Waals surface area (Å²) < 4.78 is 15.5. The van der Waals surface area contributed by atoms with Crippen LogP contribution in [0.25, 0.3) is 0 Å². The number of para-hydroxylation sites is 1. The molecule has 2 aliphatic heterocycles. The van der Waals surface area contributed by atoms with Crippen LogP contribution in [0.5, 0.6) is 11.5 Å². The number of hydrogen-bond acceptors (Lipinski definition) is 7. The third-order valence-corrected chi connectivity index (χ3v) is 5.45. The van der Waals surface area contributed by atoms with Crippen LogP contribution >= 0.6 is 11.8 Å². The summed E-state index contributed by atoms with van der Waals surface area (Å²) in [5.74, 6) is 0.512. The lowest BCUT2D eigenvalue weighted by Crippen LogP contribution is -2.37. The lowest BCUT2D eigenvalue weighted by atomic mass is 10.1. The van der Waals surface area contributed by atoms with Crippen molar-refractivity contribution in [1.29, 1.82) is 0 Å². The monoisotopic (exact) mass is 399 g/mol. The Morgan fingerprint density at radius 3 is 2.82 bits per heavy atom. The molecule has 2 aliphatic rings. The first kappa shape index (κ1) is 18.4. The number of Topliss-reactive ketones (excluding diaryl/α,β-unsaturated/α-hetero) is 1. The SMILES string of the molecule is O=C(CCN1C(=O)CSc2ccccc21)OCC(=O)c1ccc2c(c1)OCO2. The van der Waals surface area contributed by atoms with Crippen molar-refractivity contribution >= 4 is 35.1 Å². The first-order valence-corrected chi connectivity index (χ1v) is 9.71. The van der Waals surface area contributed by atoms with Crippen LogP contribution in [-0.2, 0) is 14.3 Å². The number of rotatable bonds is 6. The van der Waals surface area contributed by atoms with Crippen LogP contribution in [0.3, 0.4) is 0 Å². The fourth-order valence-corrected chi connectivity index (χ4v) is 3.91. The Hall–Kier alpha value is -3.00. The van der Waals surface area contributed by atoms with E-state index in [0.29, 0.717) is 22.8 Å². The van der Waals surface area contributed by atoms with Gasteiger partial charge in [0.25, 0.3) is 0 Å². The van der Waals surface area contributed by atoms with Crippen LogP contribution in [0.15, 0.2) is 47.4 Å². The van der Waals surface area contributed by atoms with Crippen LogP contribution in [0.1, 0.15) is 16.8 Å². The smallest absolute Gasteiger partial charge is 0.308 e. The van der Waals surface area contributed by atoms with Gasteiger partial charge in [0, 0.05) is 17.0 Å². The molecule has 2 aromatic rings. The Kier molecular flexibility index (Phi) is 5.21. The van der Waals surface area contributed by atoms with Crippen LogP contribution in [-0.4, -0.2) is 43.4 Å². The normalized spacial score (nSPS) is 14.6. The Balaban J connectivity index is 1.30. The van der Waals surface area contributed by atoms with Gasteiger partial charge in [-0.15, -0.1) is 11.8 Å². The number of carbonyl (C=O) groups is 3. The molecule has 8 heteroatoms. The third-order valence-electron chi connectivity index (χ3n) is 4.41. The van der Waals surface area contributed by atoms with E-state index in [2.05, 4.69) is 0 Å². The number of ketones is 1. The summed E-state index contributed by atoms with van der Waals surface area (Å²) in [7, 11) is 0. The van der Waals surface area contributed by atoms with E-state index >= 15 is 0 Å². The maximum Gasteiger partial charge on any atom is 0.308 e.